The van der Waals surface area contributed by atoms with E-state index < -0.39 is 11.9 Å². The number of aromatic nitrogens is 2. The van der Waals surface area contributed by atoms with E-state index in [2.05, 4.69) is 21.6 Å². The van der Waals surface area contributed by atoms with Gasteiger partial charge in [-0.25, -0.2) is 4.79 Å². The average molecular weight is 369 g/mol. The zero-order valence-electron chi connectivity index (χ0n) is 15.3. The van der Waals surface area contributed by atoms with E-state index in [-0.39, 0.29) is 18.0 Å². The van der Waals surface area contributed by atoms with Crippen molar-refractivity contribution >= 4 is 28.5 Å². The smallest absolute Gasteiger partial charge is 0.329 e. The average Bonchev–Trinajstić information content (AvgIpc) is 2.93. The van der Waals surface area contributed by atoms with Gasteiger partial charge in [-0.15, -0.1) is 0 Å². The third kappa shape index (κ3) is 2.50. The number of imide groups is 1. The molecule has 27 heavy (non-hydrogen) atoms. The molecule has 0 saturated carbocycles. The number of nitrogens with zero attached hydrogens (tertiary/aromatic N) is 3. The lowest BCUT2D eigenvalue weighted by Crippen LogP contribution is -2.61. The van der Waals surface area contributed by atoms with Gasteiger partial charge < -0.3 is 10.2 Å². The van der Waals surface area contributed by atoms with Gasteiger partial charge in [-0.2, -0.15) is 0 Å². The van der Waals surface area contributed by atoms with Crippen LogP contribution in [0.15, 0.2) is 23.0 Å². The van der Waals surface area contributed by atoms with Crippen LogP contribution >= 0.6 is 0 Å². The quantitative estimate of drug-likeness (QED) is 0.742. The first-order valence-electron chi connectivity index (χ1n) is 9.57. The number of rotatable bonds is 2. The fourth-order valence-electron chi connectivity index (χ4n) is 4.79. The van der Waals surface area contributed by atoms with Crippen LogP contribution in [0.2, 0.25) is 0 Å². The van der Waals surface area contributed by atoms with Crippen molar-refractivity contribution in [2.24, 2.45) is 7.05 Å². The van der Waals surface area contributed by atoms with Gasteiger partial charge >= 0.3 is 5.69 Å². The van der Waals surface area contributed by atoms with Gasteiger partial charge in [0.15, 0.2) is 0 Å². The Kier molecular flexibility index (Phi) is 3.65. The van der Waals surface area contributed by atoms with E-state index in [0.717, 1.165) is 29.8 Å². The molecule has 3 atom stereocenters. The highest BCUT2D eigenvalue weighted by molar-refractivity contribution is 6.00. The molecule has 8 nitrogen and oxygen atoms in total. The van der Waals surface area contributed by atoms with Crippen molar-refractivity contribution in [1.82, 2.24) is 19.8 Å². The summed E-state index contributed by atoms with van der Waals surface area (Å²) in [6, 6.07) is 6.42. The van der Waals surface area contributed by atoms with Gasteiger partial charge in [0.25, 0.3) is 0 Å². The van der Waals surface area contributed by atoms with Gasteiger partial charge in [0.2, 0.25) is 11.8 Å². The number of amides is 2. The first-order valence-corrected chi connectivity index (χ1v) is 9.57. The maximum Gasteiger partial charge on any atom is 0.329 e. The summed E-state index contributed by atoms with van der Waals surface area (Å²) in [5, 5.41) is 5.91. The van der Waals surface area contributed by atoms with E-state index in [1.54, 1.807) is 11.6 Å². The van der Waals surface area contributed by atoms with Crippen molar-refractivity contribution in [3.05, 3.63) is 28.7 Å². The monoisotopic (exact) mass is 369 g/mol. The van der Waals surface area contributed by atoms with E-state index in [1.165, 1.54) is 17.4 Å². The first kappa shape index (κ1) is 16.6. The summed E-state index contributed by atoms with van der Waals surface area (Å²) in [6.45, 7) is 1.98. The molecular formula is C19H23N5O3. The summed E-state index contributed by atoms with van der Waals surface area (Å²) >= 11 is 0. The number of benzene rings is 1. The Labute approximate surface area is 156 Å². The molecule has 1 aromatic heterocycles. The van der Waals surface area contributed by atoms with Crippen molar-refractivity contribution < 1.29 is 9.59 Å². The highest BCUT2D eigenvalue weighted by Gasteiger charge is 2.34. The molecule has 142 valence electrons. The number of anilines is 1. The standard InChI is InChI=1S/C19H23N5O3/c1-22-16-8-12(23-10-11-2-3-13(23)9-20-11)4-5-14(16)24(19(22)27)15-6-7-17(25)21-18(15)26/h4-5,8,11,13,15,20H,2-3,6-7,9-10H2,1H3,(H,21,25,26). The molecule has 6 rings (SSSR count). The highest BCUT2D eigenvalue weighted by Crippen LogP contribution is 2.31. The van der Waals surface area contributed by atoms with Crippen molar-refractivity contribution in [2.45, 2.75) is 43.8 Å². The highest BCUT2D eigenvalue weighted by atomic mass is 16.2. The summed E-state index contributed by atoms with van der Waals surface area (Å²) < 4.78 is 3.13. The minimum absolute atomic E-state index is 0.224. The van der Waals surface area contributed by atoms with Gasteiger partial charge in [-0.3, -0.25) is 24.0 Å². The fourth-order valence-corrected chi connectivity index (χ4v) is 4.79. The van der Waals surface area contributed by atoms with E-state index in [0.29, 0.717) is 18.5 Å². The zero-order valence-corrected chi connectivity index (χ0v) is 15.3. The van der Waals surface area contributed by atoms with Crippen molar-refractivity contribution in [2.75, 3.05) is 18.0 Å². The Morgan fingerprint density at radius 2 is 1.93 bits per heavy atom. The van der Waals surface area contributed by atoms with Crippen LogP contribution in [0.1, 0.15) is 31.7 Å². The molecule has 0 aliphatic carbocycles. The predicted octanol–water partition coefficient (Wildman–Crippen LogP) is 0.258. The molecule has 2 N–H and O–H groups in total. The molecule has 5 heterocycles. The van der Waals surface area contributed by atoms with E-state index in [9.17, 15) is 14.4 Å². The number of carbonyl (C=O) groups excluding carboxylic acids is 2. The lowest BCUT2D eigenvalue weighted by atomic mass is 9.92. The second kappa shape index (κ2) is 5.95. The zero-order chi connectivity index (χ0) is 18.7. The lowest BCUT2D eigenvalue weighted by molar-refractivity contribution is -0.135. The number of aryl methyl sites for hydroxylation is 1. The Bertz CT molecular complexity index is 999. The molecule has 4 aliphatic heterocycles. The van der Waals surface area contributed by atoms with Gasteiger partial charge in [-0.05, 0) is 37.5 Å². The second-order valence-corrected chi connectivity index (χ2v) is 7.84. The van der Waals surface area contributed by atoms with Crippen LogP contribution in [0.25, 0.3) is 11.0 Å². The normalized spacial score (nSPS) is 28.0. The largest absolute Gasteiger partial charge is 0.366 e. The number of hydrogen-bond donors (Lipinski definition) is 2. The Morgan fingerprint density at radius 1 is 1.07 bits per heavy atom. The predicted molar refractivity (Wildman–Crippen MR) is 101 cm³/mol. The number of fused-ring (bicyclic) bond motifs is 4. The van der Waals surface area contributed by atoms with Gasteiger partial charge in [0, 0.05) is 44.3 Å². The Balaban J connectivity index is 1.57. The van der Waals surface area contributed by atoms with Crippen molar-refractivity contribution in [3.8, 4) is 0 Å². The minimum atomic E-state index is -0.639. The maximum absolute atomic E-state index is 12.9. The summed E-state index contributed by atoms with van der Waals surface area (Å²) in [5.74, 6) is -0.676. The van der Waals surface area contributed by atoms with E-state index in [1.807, 2.05) is 12.1 Å². The third-order valence-corrected chi connectivity index (χ3v) is 6.27. The number of piperidine rings is 3. The van der Waals surface area contributed by atoms with Crippen LogP contribution in [-0.2, 0) is 16.6 Å². The van der Waals surface area contributed by atoms with Crippen LogP contribution in [0.4, 0.5) is 5.69 Å². The van der Waals surface area contributed by atoms with Crippen molar-refractivity contribution in [3.63, 3.8) is 0 Å². The summed E-state index contributed by atoms with van der Waals surface area (Å²) in [7, 11) is 1.74. The van der Waals surface area contributed by atoms with Gasteiger partial charge in [-0.1, -0.05) is 0 Å². The SMILES string of the molecule is Cn1c(=O)n(C2CCC(=O)NC2=O)c2ccc(N3CC4CCC3CN4)cc21. The lowest BCUT2D eigenvalue weighted by Gasteiger charge is -2.47. The first-order chi connectivity index (χ1) is 13.0. The van der Waals surface area contributed by atoms with E-state index in [4.69, 9.17) is 0 Å². The molecule has 8 heteroatoms. The molecule has 2 bridgehead atoms. The second-order valence-electron chi connectivity index (χ2n) is 7.84. The summed E-state index contributed by atoms with van der Waals surface area (Å²) in [4.78, 5) is 39.0. The molecule has 4 fully saturated rings. The molecule has 1 aromatic carbocycles. The van der Waals surface area contributed by atoms with Crippen molar-refractivity contribution in [1.29, 1.82) is 0 Å². The van der Waals surface area contributed by atoms with Gasteiger partial charge in [0.05, 0.1) is 11.0 Å². The molecule has 4 saturated heterocycles. The Morgan fingerprint density at radius 3 is 2.59 bits per heavy atom. The Hall–Kier alpha value is -2.61. The topological polar surface area (TPSA) is 88.4 Å². The number of nitrogens with one attached hydrogen (secondary N) is 2. The molecule has 4 aliphatic rings. The molecule has 0 spiro atoms. The van der Waals surface area contributed by atoms with E-state index >= 15 is 0 Å². The van der Waals surface area contributed by atoms with Crippen LogP contribution < -0.4 is 21.2 Å². The van der Waals surface area contributed by atoms with Crippen LogP contribution in [0, 0.1) is 0 Å². The summed E-state index contributed by atoms with van der Waals surface area (Å²) in [5.41, 5.74) is 2.45. The molecule has 3 unspecified atom stereocenters. The number of imidazole rings is 1. The molecular weight excluding hydrogens is 346 g/mol. The van der Waals surface area contributed by atoms with Gasteiger partial charge in [0.1, 0.15) is 6.04 Å². The molecule has 0 radical (unpaired) electrons. The van der Waals surface area contributed by atoms with Crippen LogP contribution in [-0.4, -0.2) is 46.1 Å². The number of hydrogen-bond acceptors (Lipinski definition) is 5. The molecule has 2 aromatic rings. The number of piperazine rings is 1. The third-order valence-electron chi connectivity index (χ3n) is 6.27. The minimum Gasteiger partial charge on any atom is -0.366 e. The summed E-state index contributed by atoms with van der Waals surface area (Å²) in [6.07, 6.45) is 3.01. The van der Waals surface area contributed by atoms with Crippen LogP contribution in [0.5, 0.6) is 0 Å². The fraction of sp³-hybridized carbons (Fsp3) is 0.526. The maximum atomic E-state index is 12.9. The molecule has 2 amide bonds. The number of carbonyl (C=O) groups is 2. The van der Waals surface area contributed by atoms with Crippen LogP contribution in [0.3, 0.4) is 0 Å².